The summed E-state index contributed by atoms with van der Waals surface area (Å²) < 4.78 is 0. The standard InChI is InChI=1S/C13H19N3O/c1-16(10-11-3-7-15-8-4-11)12(17)9-13(14)5-2-6-13/h3-4,7-8H,2,5-6,9-10,14H2,1H3. The number of nitrogens with zero attached hydrogens (tertiary/aromatic N) is 2. The molecule has 0 atom stereocenters. The highest BCUT2D eigenvalue weighted by molar-refractivity contribution is 5.77. The number of carbonyl (C=O) groups is 1. The van der Waals surface area contributed by atoms with Gasteiger partial charge in [0.05, 0.1) is 0 Å². The van der Waals surface area contributed by atoms with Crippen LogP contribution in [-0.2, 0) is 11.3 Å². The molecule has 1 aliphatic rings. The van der Waals surface area contributed by atoms with E-state index in [1.807, 2.05) is 19.2 Å². The maximum atomic E-state index is 12.0. The highest BCUT2D eigenvalue weighted by atomic mass is 16.2. The second kappa shape index (κ2) is 4.84. The maximum absolute atomic E-state index is 12.0. The predicted molar refractivity (Wildman–Crippen MR) is 66.1 cm³/mol. The van der Waals surface area contributed by atoms with Gasteiger partial charge in [0.1, 0.15) is 0 Å². The summed E-state index contributed by atoms with van der Waals surface area (Å²) in [7, 11) is 1.82. The highest BCUT2D eigenvalue weighted by Crippen LogP contribution is 2.32. The Hall–Kier alpha value is -1.42. The highest BCUT2D eigenvalue weighted by Gasteiger charge is 2.35. The Bertz CT molecular complexity index is 387. The number of hydrogen-bond donors (Lipinski definition) is 1. The Morgan fingerprint density at radius 2 is 2.12 bits per heavy atom. The Morgan fingerprint density at radius 3 is 2.65 bits per heavy atom. The first-order chi connectivity index (χ1) is 8.09. The quantitative estimate of drug-likeness (QED) is 0.853. The van der Waals surface area contributed by atoms with Gasteiger partial charge >= 0.3 is 0 Å². The summed E-state index contributed by atoms with van der Waals surface area (Å²) in [5.41, 5.74) is 6.94. The molecule has 0 unspecified atom stereocenters. The molecule has 1 aromatic rings. The third-order valence-electron chi connectivity index (χ3n) is 3.45. The monoisotopic (exact) mass is 233 g/mol. The zero-order valence-corrected chi connectivity index (χ0v) is 10.2. The van der Waals surface area contributed by atoms with Crippen molar-refractivity contribution in [2.75, 3.05) is 7.05 Å². The van der Waals surface area contributed by atoms with E-state index in [4.69, 9.17) is 5.73 Å². The van der Waals surface area contributed by atoms with E-state index in [1.165, 1.54) is 0 Å². The van der Waals surface area contributed by atoms with Gasteiger partial charge < -0.3 is 10.6 Å². The molecule has 1 aromatic heterocycles. The molecule has 0 bridgehead atoms. The van der Waals surface area contributed by atoms with Gasteiger partial charge in [0.15, 0.2) is 0 Å². The molecule has 4 nitrogen and oxygen atoms in total. The fourth-order valence-corrected chi connectivity index (χ4v) is 2.09. The van der Waals surface area contributed by atoms with Crippen molar-refractivity contribution in [3.05, 3.63) is 30.1 Å². The zero-order chi connectivity index (χ0) is 12.3. The third-order valence-corrected chi connectivity index (χ3v) is 3.45. The van der Waals surface area contributed by atoms with Crippen molar-refractivity contribution in [3.63, 3.8) is 0 Å². The average Bonchev–Trinajstić information content (AvgIpc) is 2.28. The van der Waals surface area contributed by atoms with Crippen LogP contribution in [0.15, 0.2) is 24.5 Å². The second-order valence-electron chi connectivity index (χ2n) is 5.00. The molecule has 1 saturated carbocycles. The van der Waals surface area contributed by atoms with Crippen molar-refractivity contribution >= 4 is 5.91 Å². The number of carbonyl (C=O) groups excluding carboxylic acids is 1. The van der Waals surface area contributed by atoms with E-state index in [1.54, 1.807) is 17.3 Å². The fraction of sp³-hybridized carbons (Fsp3) is 0.538. The number of pyridine rings is 1. The van der Waals surface area contributed by atoms with E-state index in [9.17, 15) is 4.79 Å². The summed E-state index contributed by atoms with van der Waals surface area (Å²) in [4.78, 5) is 17.7. The Labute approximate surface area is 102 Å². The van der Waals surface area contributed by atoms with Gasteiger partial charge in [0.2, 0.25) is 5.91 Å². The van der Waals surface area contributed by atoms with Crippen LogP contribution in [0, 0.1) is 0 Å². The van der Waals surface area contributed by atoms with E-state index in [-0.39, 0.29) is 11.4 Å². The predicted octanol–water partition coefficient (Wildman–Crippen LogP) is 1.31. The van der Waals surface area contributed by atoms with Crippen LogP contribution in [0.3, 0.4) is 0 Å². The van der Waals surface area contributed by atoms with Gasteiger partial charge in [-0.15, -0.1) is 0 Å². The summed E-state index contributed by atoms with van der Waals surface area (Å²) in [6.45, 7) is 0.622. The molecular weight excluding hydrogens is 214 g/mol. The van der Waals surface area contributed by atoms with Crippen LogP contribution in [-0.4, -0.2) is 28.4 Å². The third kappa shape index (κ3) is 3.03. The summed E-state index contributed by atoms with van der Waals surface area (Å²) in [5.74, 6) is 0.129. The van der Waals surface area contributed by atoms with Gasteiger partial charge in [-0.25, -0.2) is 0 Å². The lowest BCUT2D eigenvalue weighted by Gasteiger charge is -2.38. The molecule has 2 N–H and O–H groups in total. The zero-order valence-electron chi connectivity index (χ0n) is 10.2. The molecule has 0 spiro atoms. The van der Waals surface area contributed by atoms with Crippen LogP contribution < -0.4 is 5.73 Å². The number of nitrogens with two attached hydrogens (primary N) is 1. The summed E-state index contributed by atoms with van der Waals surface area (Å²) in [6.07, 6.45) is 7.05. The van der Waals surface area contributed by atoms with E-state index in [2.05, 4.69) is 4.98 Å². The van der Waals surface area contributed by atoms with Crippen molar-refractivity contribution in [1.82, 2.24) is 9.88 Å². The molecule has 1 fully saturated rings. The number of rotatable bonds is 4. The smallest absolute Gasteiger partial charge is 0.224 e. The van der Waals surface area contributed by atoms with Crippen molar-refractivity contribution in [1.29, 1.82) is 0 Å². The van der Waals surface area contributed by atoms with Crippen LogP contribution in [0.1, 0.15) is 31.2 Å². The van der Waals surface area contributed by atoms with Crippen molar-refractivity contribution < 1.29 is 4.79 Å². The Kier molecular flexibility index (Phi) is 3.43. The topological polar surface area (TPSA) is 59.2 Å². The molecule has 17 heavy (non-hydrogen) atoms. The van der Waals surface area contributed by atoms with Gasteiger partial charge in [-0.2, -0.15) is 0 Å². The largest absolute Gasteiger partial charge is 0.341 e. The first-order valence-corrected chi connectivity index (χ1v) is 6.01. The summed E-state index contributed by atoms with van der Waals surface area (Å²) in [6, 6.07) is 3.84. The molecule has 0 aromatic carbocycles. The molecule has 1 aliphatic carbocycles. The van der Waals surface area contributed by atoms with Gasteiger partial charge in [-0.3, -0.25) is 9.78 Å². The SMILES string of the molecule is CN(Cc1ccncc1)C(=O)CC1(N)CCC1. The minimum atomic E-state index is -0.233. The summed E-state index contributed by atoms with van der Waals surface area (Å²) >= 11 is 0. The van der Waals surface area contributed by atoms with Crippen LogP contribution in [0.4, 0.5) is 0 Å². The molecule has 0 radical (unpaired) electrons. The number of aromatic nitrogens is 1. The molecule has 1 amide bonds. The molecule has 2 rings (SSSR count). The molecule has 0 saturated heterocycles. The van der Waals surface area contributed by atoms with Crippen LogP contribution in [0.5, 0.6) is 0 Å². The van der Waals surface area contributed by atoms with Gasteiger partial charge in [-0.1, -0.05) is 0 Å². The minimum absolute atomic E-state index is 0.129. The van der Waals surface area contributed by atoms with Crippen LogP contribution in [0.25, 0.3) is 0 Å². The molecule has 4 heteroatoms. The van der Waals surface area contributed by atoms with Crippen LogP contribution >= 0.6 is 0 Å². The summed E-state index contributed by atoms with van der Waals surface area (Å²) in [5, 5.41) is 0. The normalized spacial score (nSPS) is 17.3. The van der Waals surface area contributed by atoms with E-state index >= 15 is 0 Å². The van der Waals surface area contributed by atoms with Crippen molar-refractivity contribution in [2.24, 2.45) is 5.73 Å². The van der Waals surface area contributed by atoms with E-state index in [0.29, 0.717) is 13.0 Å². The molecule has 92 valence electrons. The first kappa shape index (κ1) is 12.0. The molecular formula is C13H19N3O. The minimum Gasteiger partial charge on any atom is -0.341 e. The fourth-order valence-electron chi connectivity index (χ4n) is 2.09. The van der Waals surface area contributed by atoms with Crippen molar-refractivity contribution in [3.8, 4) is 0 Å². The lowest BCUT2D eigenvalue weighted by atomic mass is 9.75. The number of hydrogen-bond acceptors (Lipinski definition) is 3. The lowest BCUT2D eigenvalue weighted by Crippen LogP contribution is -2.50. The van der Waals surface area contributed by atoms with Gasteiger partial charge in [-0.05, 0) is 37.0 Å². The molecule has 0 aliphatic heterocycles. The van der Waals surface area contributed by atoms with E-state index < -0.39 is 0 Å². The van der Waals surface area contributed by atoms with Crippen LogP contribution in [0.2, 0.25) is 0 Å². The van der Waals surface area contributed by atoms with Gasteiger partial charge in [0.25, 0.3) is 0 Å². The molecule has 1 heterocycles. The Balaban J connectivity index is 1.87. The second-order valence-corrected chi connectivity index (χ2v) is 5.00. The average molecular weight is 233 g/mol. The first-order valence-electron chi connectivity index (χ1n) is 6.01. The maximum Gasteiger partial charge on any atom is 0.224 e. The lowest BCUT2D eigenvalue weighted by molar-refractivity contribution is -0.132. The van der Waals surface area contributed by atoms with E-state index in [0.717, 1.165) is 24.8 Å². The van der Waals surface area contributed by atoms with Crippen molar-refractivity contribution in [2.45, 2.75) is 37.8 Å². The van der Waals surface area contributed by atoms with Gasteiger partial charge in [0, 0.05) is 37.9 Å². The Morgan fingerprint density at radius 1 is 1.47 bits per heavy atom. The number of amides is 1.